The molecule has 1 aromatic heterocycles. The largest absolute Gasteiger partial charge is 0.348 e. The smallest absolute Gasteiger partial charge is 0.261 e. The molecule has 0 saturated heterocycles. The van der Waals surface area contributed by atoms with Gasteiger partial charge in [0.15, 0.2) is 5.43 Å². The molecule has 0 spiro atoms. The van der Waals surface area contributed by atoms with Crippen LogP contribution < -0.4 is 10.7 Å². The Balaban J connectivity index is 2.04. The van der Waals surface area contributed by atoms with Crippen LogP contribution >= 0.6 is 0 Å². The first kappa shape index (κ1) is 16.5. The molecule has 4 nitrogen and oxygen atoms in total. The first-order valence-corrected chi connectivity index (χ1v) is 8.72. The van der Waals surface area contributed by atoms with E-state index in [2.05, 4.69) is 23.7 Å². The lowest BCUT2D eigenvalue weighted by Gasteiger charge is -2.16. The normalized spacial score (nSPS) is 13.0. The molecule has 2 heterocycles. The molecular weight excluding hydrogens is 300 g/mol. The molecule has 0 atom stereocenters. The number of aryl methyl sites for hydroxylation is 3. The van der Waals surface area contributed by atoms with Gasteiger partial charge in [-0.15, -0.1) is 0 Å². The van der Waals surface area contributed by atoms with E-state index in [0.717, 1.165) is 60.4 Å². The Bertz CT molecular complexity index is 827. The average Bonchev–Trinajstić information content (AvgIpc) is 3.04. The number of hydrogen-bond acceptors (Lipinski definition) is 2. The van der Waals surface area contributed by atoms with Crippen molar-refractivity contribution in [1.29, 1.82) is 0 Å². The van der Waals surface area contributed by atoms with Gasteiger partial charge in [-0.05, 0) is 43.7 Å². The van der Waals surface area contributed by atoms with E-state index < -0.39 is 0 Å². The maximum absolute atomic E-state index is 12.9. The van der Waals surface area contributed by atoms with Crippen molar-refractivity contribution in [3.05, 3.63) is 62.6 Å². The number of para-hydroxylation sites is 1. The zero-order chi connectivity index (χ0) is 17.3. The van der Waals surface area contributed by atoms with Crippen molar-refractivity contribution >= 4 is 11.6 Å². The Morgan fingerprint density at radius 2 is 1.88 bits per heavy atom. The van der Waals surface area contributed by atoms with Crippen LogP contribution in [0, 0.1) is 6.92 Å². The molecule has 126 valence electrons. The van der Waals surface area contributed by atoms with Crippen molar-refractivity contribution in [2.45, 2.75) is 53.0 Å². The van der Waals surface area contributed by atoms with Gasteiger partial charge in [0.25, 0.3) is 5.91 Å². The summed E-state index contributed by atoms with van der Waals surface area (Å²) in [5.41, 5.74) is 5.02. The molecule has 1 aliphatic heterocycles. The highest BCUT2D eigenvalue weighted by Gasteiger charge is 2.24. The minimum absolute atomic E-state index is 0.176. The SMILES string of the molecule is CCc1cccc(CC)c1NC(=O)c1c2n(c(C)cc1=O)CCC2. The summed E-state index contributed by atoms with van der Waals surface area (Å²) < 4.78 is 2.10. The molecule has 0 bridgehead atoms. The van der Waals surface area contributed by atoms with Crippen LogP contribution in [0.5, 0.6) is 0 Å². The van der Waals surface area contributed by atoms with Crippen LogP contribution in [-0.2, 0) is 25.8 Å². The minimum Gasteiger partial charge on any atom is -0.348 e. The molecule has 0 aliphatic carbocycles. The number of carbonyl (C=O) groups excluding carboxylic acids is 1. The van der Waals surface area contributed by atoms with Crippen molar-refractivity contribution < 1.29 is 4.79 Å². The fourth-order valence-electron chi connectivity index (χ4n) is 3.63. The average molecular weight is 324 g/mol. The maximum Gasteiger partial charge on any atom is 0.261 e. The number of aromatic nitrogens is 1. The molecule has 0 unspecified atom stereocenters. The number of anilines is 1. The Kier molecular flexibility index (Phi) is 4.56. The third-order valence-electron chi connectivity index (χ3n) is 4.89. The van der Waals surface area contributed by atoms with Gasteiger partial charge < -0.3 is 9.88 Å². The highest BCUT2D eigenvalue weighted by atomic mass is 16.2. The van der Waals surface area contributed by atoms with E-state index >= 15 is 0 Å². The molecule has 0 saturated carbocycles. The highest BCUT2D eigenvalue weighted by Crippen LogP contribution is 2.25. The van der Waals surface area contributed by atoms with E-state index in [1.54, 1.807) is 6.07 Å². The predicted molar refractivity (Wildman–Crippen MR) is 96.9 cm³/mol. The second-order valence-electron chi connectivity index (χ2n) is 6.34. The van der Waals surface area contributed by atoms with Gasteiger partial charge >= 0.3 is 0 Å². The van der Waals surface area contributed by atoms with Crippen LogP contribution in [0.4, 0.5) is 5.69 Å². The van der Waals surface area contributed by atoms with Crippen LogP contribution in [0.15, 0.2) is 29.1 Å². The first-order chi connectivity index (χ1) is 11.6. The summed E-state index contributed by atoms with van der Waals surface area (Å²) >= 11 is 0. The number of rotatable bonds is 4. The molecule has 3 rings (SSSR count). The number of hydrogen-bond donors (Lipinski definition) is 1. The summed E-state index contributed by atoms with van der Waals surface area (Å²) in [6.07, 6.45) is 3.45. The third kappa shape index (κ3) is 2.77. The number of fused-ring (bicyclic) bond motifs is 1. The fraction of sp³-hybridized carbons (Fsp3) is 0.400. The van der Waals surface area contributed by atoms with E-state index in [0.29, 0.717) is 5.56 Å². The summed E-state index contributed by atoms with van der Waals surface area (Å²) in [5, 5.41) is 3.04. The van der Waals surface area contributed by atoms with E-state index in [9.17, 15) is 9.59 Å². The Morgan fingerprint density at radius 1 is 1.21 bits per heavy atom. The zero-order valence-electron chi connectivity index (χ0n) is 14.6. The van der Waals surface area contributed by atoms with Crippen LogP contribution in [0.3, 0.4) is 0 Å². The quantitative estimate of drug-likeness (QED) is 0.936. The van der Waals surface area contributed by atoms with E-state index in [-0.39, 0.29) is 11.3 Å². The molecule has 4 heteroatoms. The van der Waals surface area contributed by atoms with Crippen molar-refractivity contribution in [3.8, 4) is 0 Å². The van der Waals surface area contributed by atoms with Crippen molar-refractivity contribution in [2.75, 3.05) is 5.32 Å². The molecule has 24 heavy (non-hydrogen) atoms. The highest BCUT2D eigenvalue weighted by molar-refractivity contribution is 6.05. The topological polar surface area (TPSA) is 51.1 Å². The molecule has 0 fully saturated rings. The van der Waals surface area contributed by atoms with Gasteiger partial charge in [-0.25, -0.2) is 0 Å². The number of nitrogens with zero attached hydrogens (tertiary/aromatic N) is 1. The van der Waals surface area contributed by atoms with Gasteiger partial charge in [0.2, 0.25) is 0 Å². The lowest BCUT2D eigenvalue weighted by molar-refractivity contribution is 0.102. The number of nitrogens with one attached hydrogen (secondary N) is 1. The van der Waals surface area contributed by atoms with E-state index in [1.165, 1.54) is 0 Å². The number of benzene rings is 1. The standard InChI is InChI=1S/C20H24N2O2/c1-4-14-8-6-9-15(5-2)19(14)21-20(24)18-16-10-7-11-22(16)13(3)12-17(18)23/h6,8-9,12H,4-5,7,10-11H2,1-3H3,(H,21,24). The summed E-state index contributed by atoms with van der Waals surface area (Å²) in [7, 11) is 0. The van der Waals surface area contributed by atoms with Crippen LogP contribution in [0.1, 0.15) is 53.1 Å². The summed E-state index contributed by atoms with van der Waals surface area (Å²) in [6.45, 7) is 6.96. The number of amides is 1. The lowest BCUT2D eigenvalue weighted by atomic mass is 10.0. The summed E-state index contributed by atoms with van der Waals surface area (Å²) in [4.78, 5) is 25.4. The molecule has 1 aliphatic rings. The Labute approximate surface area is 142 Å². The van der Waals surface area contributed by atoms with Crippen LogP contribution in [0.25, 0.3) is 0 Å². The minimum atomic E-state index is -0.277. The van der Waals surface area contributed by atoms with E-state index in [1.807, 2.05) is 25.1 Å². The van der Waals surface area contributed by atoms with Crippen LogP contribution in [0.2, 0.25) is 0 Å². The molecule has 1 aromatic carbocycles. The fourth-order valence-corrected chi connectivity index (χ4v) is 3.63. The lowest BCUT2D eigenvalue weighted by Crippen LogP contribution is -2.27. The zero-order valence-corrected chi connectivity index (χ0v) is 14.6. The van der Waals surface area contributed by atoms with Gasteiger partial charge in [0.05, 0.1) is 0 Å². The van der Waals surface area contributed by atoms with Crippen LogP contribution in [-0.4, -0.2) is 10.5 Å². The van der Waals surface area contributed by atoms with Crippen molar-refractivity contribution in [2.24, 2.45) is 0 Å². The summed E-state index contributed by atoms with van der Waals surface area (Å²) in [5.74, 6) is -0.277. The number of carbonyl (C=O) groups is 1. The molecule has 1 N–H and O–H groups in total. The Morgan fingerprint density at radius 3 is 2.50 bits per heavy atom. The third-order valence-corrected chi connectivity index (χ3v) is 4.89. The van der Waals surface area contributed by atoms with Gasteiger partial charge in [0, 0.05) is 29.7 Å². The van der Waals surface area contributed by atoms with Gasteiger partial charge in [-0.1, -0.05) is 32.0 Å². The molecular formula is C20H24N2O2. The van der Waals surface area contributed by atoms with Crippen molar-refractivity contribution in [1.82, 2.24) is 4.57 Å². The number of pyridine rings is 1. The molecule has 1 amide bonds. The maximum atomic E-state index is 12.9. The van der Waals surface area contributed by atoms with E-state index in [4.69, 9.17) is 0 Å². The summed E-state index contributed by atoms with van der Waals surface area (Å²) in [6, 6.07) is 7.66. The Hall–Kier alpha value is -2.36. The predicted octanol–water partition coefficient (Wildman–Crippen LogP) is 3.48. The monoisotopic (exact) mass is 324 g/mol. The first-order valence-electron chi connectivity index (χ1n) is 8.72. The van der Waals surface area contributed by atoms with Gasteiger partial charge in [-0.2, -0.15) is 0 Å². The van der Waals surface area contributed by atoms with Crippen molar-refractivity contribution in [3.63, 3.8) is 0 Å². The second kappa shape index (κ2) is 6.63. The molecule has 2 aromatic rings. The second-order valence-corrected chi connectivity index (χ2v) is 6.34. The van der Waals surface area contributed by atoms with Gasteiger partial charge in [-0.3, -0.25) is 9.59 Å². The van der Waals surface area contributed by atoms with Gasteiger partial charge in [0.1, 0.15) is 5.56 Å². The molecule has 0 radical (unpaired) electrons.